The molecule has 0 spiro atoms. The number of hydrogen-bond acceptors (Lipinski definition) is 4. The summed E-state index contributed by atoms with van der Waals surface area (Å²) in [4.78, 5) is 4.58. The molecular formula is C10H19N3S. The summed E-state index contributed by atoms with van der Waals surface area (Å²) in [6, 6.07) is 0. The Morgan fingerprint density at radius 2 is 2.07 bits per heavy atom. The molecule has 1 aromatic rings. The van der Waals surface area contributed by atoms with Gasteiger partial charge in [-0.1, -0.05) is 20.8 Å². The summed E-state index contributed by atoms with van der Waals surface area (Å²) < 4.78 is 0. The van der Waals surface area contributed by atoms with E-state index < -0.39 is 0 Å². The first-order valence-corrected chi connectivity index (χ1v) is 5.63. The van der Waals surface area contributed by atoms with Crippen LogP contribution >= 0.6 is 11.3 Å². The summed E-state index contributed by atoms with van der Waals surface area (Å²) in [5.74, 6) is 0. The molecule has 1 N–H and O–H groups in total. The van der Waals surface area contributed by atoms with E-state index in [1.807, 2.05) is 19.1 Å². The third kappa shape index (κ3) is 3.36. The lowest BCUT2D eigenvalue weighted by Gasteiger charge is -2.14. The van der Waals surface area contributed by atoms with Crippen LogP contribution in [0.2, 0.25) is 0 Å². The second-order valence-electron chi connectivity index (χ2n) is 4.62. The van der Waals surface area contributed by atoms with E-state index in [-0.39, 0.29) is 5.41 Å². The van der Waals surface area contributed by atoms with E-state index in [1.54, 1.807) is 11.3 Å². The van der Waals surface area contributed by atoms with Gasteiger partial charge in [-0.2, -0.15) is 0 Å². The molecule has 0 saturated heterocycles. The van der Waals surface area contributed by atoms with Gasteiger partial charge < -0.3 is 0 Å². The quantitative estimate of drug-likeness (QED) is 0.779. The van der Waals surface area contributed by atoms with Crippen molar-refractivity contribution in [3.05, 3.63) is 16.1 Å². The molecule has 0 bridgehead atoms. The summed E-state index contributed by atoms with van der Waals surface area (Å²) >= 11 is 1.74. The number of aromatic nitrogens is 1. The smallest absolute Gasteiger partial charge is 0.0982 e. The van der Waals surface area contributed by atoms with Gasteiger partial charge in [0.1, 0.15) is 0 Å². The molecule has 80 valence electrons. The van der Waals surface area contributed by atoms with Crippen LogP contribution in [0.25, 0.3) is 0 Å². The SMILES string of the molecule is CN(C)NCc1csc(C(C)(C)C)n1. The van der Waals surface area contributed by atoms with Gasteiger partial charge in [0.05, 0.1) is 17.2 Å². The highest BCUT2D eigenvalue weighted by molar-refractivity contribution is 7.09. The largest absolute Gasteiger partial charge is 0.250 e. The third-order valence-corrected chi connectivity index (χ3v) is 3.09. The maximum absolute atomic E-state index is 4.58. The van der Waals surface area contributed by atoms with Crippen LogP contribution < -0.4 is 5.43 Å². The van der Waals surface area contributed by atoms with E-state index >= 15 is 0 Å². The van der Waals surface area contributed by atoms with Crippen molar-refractivity contribution in [3.8, 4) is 0 Å². The van der Waals surface area contributed by atoms with Crippen molar-refractivity contribution < 1.29 is 0 Å². The maximum Gasteiger partial charge on any atom is 0.0982 e. The van der Waals surface area contributed by atoms with Crippen molar-refractivity contribution in [2.45, 2.75) is 32.7 Å². The van der Waals surface area contributed by atoms with Crippen LogP contribution in [0.4, 0.5) is 0 Å². The first-order chi connectivity index (χ1) is 6.39. The first-order valence-electron chi connectivity index (χ1n) is 4.75. The highest BCUT2D eigenvalue weighted by Gasteiger charge is 2.17. The Morgan fingerprint density at radius 3 is 2.50 bits per heavy atom. The van der Waals surface area contributed by atoms with E-state index in [0.29, 0.717) is 0 Å². The van der Waals surface area contributed by atoms with Crippen LogP contribution in [-0.2, 0) is 12.0 Å². The zero-order chi connectivity index (χ0) is 10.8. The van der Waals surface area contributed by atoms with Crippen molar-refractivity contribution in [2.24, 2.45) is 0 Å². The van der Waals surface area contributed by atoms with Gasteiger partial charge in [0.25, 0.3) is 0 Å². The van der Waals surface area contributed by atoms with Crippen molar-refractivity contribution >= 4 is 11.3 Å². The van der Waals surface area contributed by atoms with Gasteiger partial charge in [-0.05, 0) is 0 Å². The number of nitrogens with one attached hydrogen (secondary N) is 1. The van der Waals surface area contributed by atoms with Gasteiger partial charge in [-0.15, -0.1) is 11.3 Å². The fourth-order valence-electron chi connectivity index (χ4n) is 0.972. The molecule has 0 saturated carbocycles. The van der Waals surface area contributed by atoms with Crippen LogP contribution in [0.5, 0.6) is 0 Å². The Kier molecular flexibility index (Phi) is 3.64. The van der Waals surface area contributed by atoms with E-state index in [0.717, 1.165) is 12.2 Å². The molecule has 1 rings (SSSR count). The normalized spacial score (nSPS) is 12.4. The van der Waals surface area contributed by atoms with E-state index in [1.165, 1.54) is 5.01 Å². The van der Waals surface area contributed by atoms with Gasteiger partial charge in [0.2, 0.25) is 0 Å². The fraction of sp³-hybridized carbons (Fsp3) is 0.700. The van der Waals surface area contributed by atoms with E-state index in [9.17, 15) is 0 Å². The predicted octanol–water partition coefficient (Wildman–Crippen LogP) is 2.01. The number of nitrogens with zero attached hydrogens (tertiary/aromatic N) is 2. The number of hydrogen-bond donors (Lipinski definition) is 1. The molecule has 0 radical (unpaired) electrons. The molecule has 0 amide bonds. The van der Waals surface area contributed by atoms with Crippen molar-refractivity contribution in [3.63, 3.8) is 0 Å². The second-order valence-corrected chi connectivity index (χ2v) is 5.48. The van der Waals surface area contributed by atoms with Crippen molar-refractivity contribution in [2.75, 3.05) is 14.1 Å². The Balaban J connectivity index is 2.60. The molecule has 0 aliphatic rings. The molecule has 1 aromatic heterocycles. The summed E-state index contributed by atoms with van der Waals surface area (Å²) in [7, 11) is 3.97. The summed E-state index contributed by atoms with van der Waals surface area (Å²) in [5, 5.41) is 5.26. The van der Waals surface area contributed by atoms with E-state index in [2.05, 4.69) is 36.6 Å². The zero-order valence-electron chi connectivity index (χ0n) is 9.59. The lowest BCUT2D eigenvalue weighted by Crippen LogP contribution is -2.29. The maximum atomic E-state index is 4.58. The molecule has 0 atom stereocenters. The Labute approximate surface area is 90.1 Å². The minimum Gasteiger partial charge on any atom is -0.250 e. The predicted molar refractivity (Wildman–Crippen MR) is 61.3 cm³/mol. The Hall–Kier alpha value is -0.450. The number of thiazole rings is 1. The monoisotopic (exact) mass is 213 g/mol. The minimum atomic E-state index is 0.168. The molecule has 4 heteroatoms. The van der Waals surface area contributed by atoms with Crippen molar-refractivity contribution in [1.82, 2.24) is 15.4 Å². The second kappa shape index (κ2) is 4.38. The highest BCUT2D eigenvalue weighted by Crippen LogP contribution is 2.25. The van der Waals surface area contributed by atoms with Gasteiger partial charge >= 0.3 is 0 Å². The lowest BCUT2D eigenvalue weighted by atomic mass is 9.98. The standard InChI is InChI=1S/C10H19N3S/c1-10(2,3)9-12-8(7-14-9)6-11-13(4)5/h7,11H,6H2,1-5H3. The van der Waals surface area contributed by atoms with Crippen LogP contribution in [0.15, 0.2) is 5.38 Å². The van der Waals surface area contributed by atoms with Crippen LogP contribution in [-0.4, -0.2) is 24.1 Å². The Morgan fingerprint density at radius 1 is 1.43 bits per heavy atom. The minimum absolute atomic E-state index is 0.168. The average Bonchev–Trinajstić information content (AvgIpc) is 2.47. The summed E-state index contributed by atoms with van der Waals surface area (Å²) in [6.07, 6.45) is 0. The van der Waals surface area contributed by atoms with Crippen LogP contribution in [0.1, 0.15) is 31.5 Å². The molecule has 3 nitrogen and oxygen atoms in total. The van der Waals surface area contributed by atoms with Gasteiger partial charge in [0, 0.05) is 24.9 Å². The molecular weight excluding hydrogens is 194 g/mol. The molecule has 1 heterocycles. The molecule has 0 unspecified atom stereocenters. The first kappa shape index (κ1) is 11.6. The van der Waals surface area contributed by atoms with Gasteiger partial charge in [0.15, 0.2) is 0 Å². The topological polar surface area (TPSA) is 28.2 Å². The Bertz CT molecular complexity index is 286. The lowest BCUT2D eigenvalue weighted by molar-refractivity contribution is 0.284. The molecule has 0 aromatic carbocycles. The van der Waals surface area contributed by atoms with E-state index in [4.69, 9.17) is 0 Å². The molecule has 0 aliphatic carbocycles. The average molecular weight is 213 g/mol. The summed E-state index contributed by atoms with van der Waals surface area (Å²) in [5.41, 5.74) is 4.49. The zero-order valence-corrected chi connectivity index (χ0v) is 10.4. The summed E-state index contributed by atoms with van der Waals surface area (Å²) in [6.45, 7) is 7.37. The number of rotatable bonds is 3. The third-order valence-electron chi connectivity index (χ3n) is 1.77. The van der Waals surface area contributed by atoms with Crippen molar-refractivity contribution in [1.29, 1.82) is 0 Å². The van der Waals surface area contributed by atoms with Crippen LogP contribution in [0, 0.1) is 0 Å². The van der Waals surface area contributed by atoms with Gasteiger partial charge in [-0.3, -0.25) is 5.01 Å². The number of hydrazine groups is 1. The fourth-order valence-corrected chi connectivity index (χ4v) is 1.88. The molecule has 14 heavy (non-hydrogen) atoms. The van der Waals surface area contributed by atoms with Gasteiger partial charge in [-0.25, -0.2) is 10.4 Å². The molecule has 0 aliphatic heterocycles. The van der Waals surface area contributed by atoms with Crippen LogP contribution in [0.3, 0.4) is 0 Å². The highest BCUT2D eigenvalue weighted by atomic mass is 32.1. The molecule has 0 fully saturated rings.